The van der Waals surface area contributed by atoms with Gasteiger partial charge in [0.05, 0.1) is 10.0 Å². The number of aryl methyl sites for hydroxylation is 2. The molecular weight excluding hydrogens is 397 g/mol. The van der Waals surface area contributed by atoms with Crippen LogP contribution in [0.25, 0.3) is 11.3 Å². The molecule has 0 fully saturated rings. The SMILES string of the molecule is Cc1cc(NC(=O)Nc2c(-c3c(Cl)cccc3Cl)noc2C)ccc1C(C)C. The minimum atomic E-state index is -0.410. The summed E-state index contributed by atoms with van der Waals surface area (Å²) < 4.78 is 5.26. The van der Waals surface area contributed by atoms with E-state index in [1.165, 1.54) is 5.56 Å². The summed E-state index contributed by atoms with van der Waals surface area (Å²) in [5, 5.41) is 10.5. The first-order chi connectivity index (χ1) is 13.3. The zero-order valence-corrected chi connectivity index (χ0v) is 17.6. The molecule has 5 nitrogen and oxygen atoms in total. The number of benzene rings is 2. The van der Waals surface area contributed by atoms with Gasteiger partial charge in [0.25, 0.3) is 0 Å². The van der Waals surface area contributed by atoms with Gasteiger partial charge >= 0.3 is 6.03 Å². The van der Waals surface area contributed by atoms with Crippen LogP contribution in [0, 0.1) is 13.8 Å². The molecule has 7 heteroatoms. The topological polar surface area (TPSA) is 67.2 Å². The number of carbonyl (C=O) groups excluding carboxylic acids is 1. The molecule has 1 heterocycles. The Morgan fingerprint density at radius 1 is 1.07 bits per heavy atom. The van der Waals surface area contributed by atoms with Crippen molar-refractivity contribution in [2.45, 2.75) is 33.6 Å². The normalized spacial score (nSPS) is 11.0. The van der Waals surface area contributed by atoms with Crippen LogP contribution in [0.2, 0.25) is 10.0 Å². The zero-order valence-electron chi connectivity index (χ0n) is 16.1. The maximum absolute atomic E-state index is 12.6. The van der Waals surface area contributed by atoms with Gasteiger partial charge in [-0.25, -0.2) is 4.79 Å². The number of hydrogen-bond acceptors (Lipinski definition) is 3. The van der Waals surface area contributed by atoms with Gasteiger partial charge in [0.15, 0.2) is 5.76 Å². The number of hydrogen-bond donors (Lipinski definition) is 2. The fraction of sp³-hybridized carbons (Fsp3) is 0.238. The van der Waals surface area contributed by atoms with Crippen molar-refractivity contribution in [2.24, 2.45) is 0 Å². The van der Waals surface area contributed by atoms with Gasteiger partial charge in [-0.15, -0.1) is 0 Å². The summed E-state index contributed by atoms with van der Waals surface area (Å²) in [7, 11) is 0. The van der Waals surface area contributed by atoms with Crippen molar-refractivity contribution < 1.29 is 9.32 Å². The number of halogens is 2. The largest absolute Gasteiger partial charge is 0.359 e. The Morgan fingerprint density at radius 2 is 1.75 bits per heavy atom. The average Bonchev–Trinajstić information content (AvgIpc) is 2.95. The van der Waals surface area contributed by atoms with Gasteiger partial charge in [0.1, 0.15) is 11.4 Å². The molecule has 0 aliphatic carbocycles. The summed E-state index contributed by atoms with van der Waals surface area (Å²) >= 11 is 12.5. The van der Waals surface area contributed by atoms with Crippen LogP contribution >= 0.6 is 23.2 Å². The van der Waals surface area contributed by atoms with Gasteiger partial charge in [-0.1, -0.05) is 54.3 Å². The number of aromatic nitrogens is 1. The Morgan fingerprint density at radius 3 is 2.36 bits per heavy atom. The fourth-order valence-electron chi connectivity index (χ4n) is 3.09. The van der Waals surface area contributed by atoms with E-state index < -0.39 is 6.03 Å². The molecule has 0 unspecified atom stereocenters. The summed E-state index contributed by atoms with van der Waals surface area (Å²) in [6.07, 6.45) is 0. The first kappa shape index (κ1) is 20.2. The molecule has 0 aliphatic rings. The van der Waals surface area contributed by atoms with E-state index in [4.69, 9.17) is 27.7 Å². The van der Waals surface area contributed by atoms with Crippen LogP contribution in [0.15, 0.2) is 40.9 Å². The first-order valence-corrected chi connectivity index (χ1v) is 9.62. The molecule has 2 amide bonds. The lowest BCUT2D eigenvalue weighted by molar-refractivity contribution is 0.262. The minimum absolute atomic E-state index is 0.384. The van der Waals surface area contributed by atoms with Crippen LogP contribution in [0.5, 0.6) is 0 Å². The van der Waals surface area contributed by atoms with Crippen molar-refractivity contribution in [1.82, 2.24) is 5.16 Å². The Balaban J connectivity index is 1.84. The van der Waals surface area contributed by atoms with E-state index >= 15 is 0 Å². The highest BCUT2D eigenvalue weighted by Crippen LogP contribution is 2.39. The number of anilines is 2. The molecule has 146 valence electrons. The maximum atomic E-state index is 12.6. The molecule has 28 heavy (non-hydrogen) atoms. The van der Waals surface area contributed by atoms with Crippen LogP contribution < -0.4 is 10.6 Å². The highest BCUT2D eigenvalue weighted by molar-refractivity contribution is 6.39. The molecule has 0 saturated heterocycles. The second-order valence-electron chi connectivity index (χ2n) is 6.86. The number of nitrogens with zero attached hydrogens (tertiary/aromatic N) is 1. The number of amides is 2. The van der Waals surface area contributed by atoms with Crippen molar-refractivity contribution >= 4 is 40.6 Å². The lowest BCUT2D eigenvalue weighted by Crippen LogP contribution is -2.20. The van der Waals surface area contributed by atoms with E-state index in [2.05, 4.69) is 29.6 Å². The third kappa shape index (κ3) is 4.16. The molecule has 0 spiro atoms. The van der Waals surface area contributed by atoms with Gasteiger partial charge in [0.2, 0.25) is 0 Å². The maximum Gasteiger partial charge on any atom is 0.323 e. The predicted octanol–water partition coefficient (Wildman–Crippen LogP) is 7.03. The van der Waals surface area contributed by atoms with Gasteiger partial charge < -0.3 is 15.2 Å². The highest BCUT2D eigenvalue weighted by Gasteiger charge is 2.21. The molecule has 0 aliphatic heterocycles. The third-order valence-corrected chi connectivity index (χ3v) is 5.08. The predicted molar refractivity (Wildman–Crippen MR) is 115 cm³/mol. The Bertz CT molecular complexity index is 1010. The summed E-state index contributed by atoms with van der Waals surface area (Å²) in [5.74, 6) is 0.873. The molecule has 3 aromatic rings. The van der Waals surface area contributed by atoms with E-state index in [0.717, 1.165) is 5.56 Å². The second-order valence-corrected chi connectivity index (χ2v) is 7.68. The van der Waals surface area contributed by atoms with Gasteiger partial charge in [-0.3, -0.25) is 0 Å². The lowest BCUT2D eigenvalue weighted by Gasteiger charge is -2.13. The van der Waals surface area contributed by atoms with Crippen LogP contribution in [0.3, 0.4) is 0 Å². The number of rotatable bonds is 4. The van der Waals surface area contributed by atoms with Gasteiger partial charge in [-0.2, -0.15) is 0 Å². The molecule has 3 rings (SSSR count). The standard InChI is InChI=1S/C21H21Cl2N3O2/c1-11(2)15-9-8-14(10-12(15)3)24-21(27)25-19-13(4)28-26-20(19)18-16(22)6-5-7-17(18)23/h5-11H,1-4H3,(H2,24,25,27). The molecule has 0 bridgehead atoms. The molecule has 0 radical (unpaired) electrons. The average molecular weight is 418 g/mol. The summed E-state index contributed by atoms with van der Waals surface area (Å²) in [4.78, 5) is 12.6. The van der Waals surface area contributed by atoms with Crippen LogP contribution in [-0.2, 0) is 0 Å². The third-order valence-electron chi connectivity index (χ3n) is 4.45. The van der Waals surface area contributed by atoms with Crippen LogP contribution in [-0.4, -0.2) is 11.2 Å². The lowest BCUT2D eigenvalue weighted by atomic mass is 9.98. The molecule has 2 aromatic carbocycles. The molecular formula is C21H21Cl2N3O2. The number of nitrogens with one attached hydrogen (secondary N) is 2. The van der Waals surface area contributed by atoms with Crippen molar-refractivity contribution in [3.05, 3.63) is 63.3 Å². The smallest absolute Gasteiger partial charge is 0.323 e. The number of urea groups is 1. The number of carbonyl (C=O) groups is 1. The summed E-state index contributed by atoms with van der Waals surface area (Å²) in [6.45, 7) is 8.01. The molecule has 2 N–H and O–H groups in total. The first-order valence-electron chi connectivity index (χ1n) is 8.87. The monoisotopic (exact) mass is 417 g/mol. The quantitative estimate of drug-likeness (QED) is 0.478. The van der Waals surface area contributed by atoms with E-state index in [1.807, 2.05) is 25.1 Å². The molecule has 0 saturated carbocycles. The van der Waals surface area contributed by atoms with Gasteiger partial charge in [0, 0.05) is 11.3 Å². The van der Waals surface area contributed by atoms with E-state index in [9.17, 15) is 4.79 Å². The highest BCUT2D eigenvalue weighted by atomic mass is 35.5. The van der Waals surface area contributed by atoms with Crippen LogP contribution in [0.1, 0.15) is 36.7 Å². The van der Waals surface area contributed by atoms with Crippen molar-refractivity contribution in [2.75, 3.05) is 10.6 Å². The van der Waals surface area contributed by atoms with E-state index in [0.29, 0.717) is 44.4 Å². The Labute approximate surface area is 174 Å². The molecule has 0 atom stereocenters. The van der Waals surface area contributed by atoms with E-state index in [-0.39, 0.29) is 0 Å². The Kier molecular flexibility index (Phi) is 5.96. The van der Waals surface area contributed by atoms with Crippen LogP contribution in [0.4, 0.5) is 16.2 Å². The van der Waals surface area contributed by atoms with Crippen molar-refractivity contribution in [3.8, 4) is 11.3 Å². The molecule has 1 aromatic heterocycles. The summed E-state index contributed by atoms with van der Waals surface area (Å²) in [6, 6.07) is 10.6. The Hall–Kier alpha value is -2.50. The second kappa shape index (κ2) is 8.25. The van der Waals surface area contributed by atoms with Gasteiger partial charge in [-0.05, 0) is 55.2 Å². The fourth-order valence-corrected chi connectivity index (χ4v) is 3.67. The van der Waals surface area contributed by atoms with E-state index in [1.54, 1.807) is 25.1 Å². The van der Waals surface area contributed by atoms with Crippen molar-refractivity contribution in [1.29, 1.82) is 0 Å². The van der Waals surface area contributed by atoms with Crippen molar-refractivity contribution in [3.63, 3.8) is 0 Å². The summed E-state index contributed by atoms with van der Waals surface area (Å²) in [5.41, 5.74) is 4.38. The zero-order chi connectivity index (χ0) is 20.4. The minimum Gasteiger partial charge on any atom is -0.359 e.